The van der Waals surface area contributed by atoms with Gasteiger partial charge in [0.1, 0.15) is 5.75 Å². The Balaban J connectivity index is 1.55. The number of fused-ring (bicyclic) bond motifs is 1. The lowest BCUT2D eigenvalue weighted by Crippen LogP contribution is -2.47. The highest BCUT2D eigenvalue weighted by molar-refractivity contribution is 6.30. The van der Waals surface area contributed by atoms with Crippen molar-refractivity contribution in [2.75, 3.05) is 23.5 Å². The van der Waals surface area contributed by atoms with Crippen LogP contribution in [-0.2, 0) is 14.3 Å². The lowest BCUT2D eigenvalue weighted by atomic mass is 9.89. The van der Waals surface area contributed by atoms with Crippen LogP contribution in [0, 0.1) is 0 Å². The van der Waals surface area contributed by atoms with Gasteiger partial charge < -0.3 is 19.3 Å². The van der Waals surface area contributed by atoms with Gasteiger partial charge in [-0.25, -0.2) is 0 Å². The molecule has 3 aromatic carbocycles. The quantitative estimate of drug-likeness (QED) is 0.254. The zero-order valence-electron chi connectivity index (χ0n) is 21.7. The van der Waals surface area contributed by atoms with Crippen molar-refractivity contribution < 1.29 is 23.9 Å². The first kappa shape index (κ1) is 27.2. The monoisotopic (exact) mass is 534 g/mol. The van der Waals surface area contributed by atoms with Crippen LogP contribution < -0.4 is 14.5 Å². The molecule has 8 heteroatoms. The average Bonchev–Trinajstić information content (AvgIpc) is 2.92. The lowest BCUT2D eigenvalue weighted by Gasteiger charge is -2.43. The van der Waals surface area contributed by atoms with Gasteiger partial charge in [-0.15, -0.1) is 0 Å². The molecule has 0 aliphatic carbocycles. The fraction of sp³-hybridized carbons (Fsp3) is 0.300. The van der Waals surface area contributed by atoms with Gasteiger partial charge in [-0.2, -0.15) is 0 Å². The fourth-order valence-electron chi connectivity index (χ4n) is 4.86. The third-order valence-electron chi connectivity index (χ3n) is 6.66. The first-order valence-electron chi connectivity index (χ1n) is 12.6. The first-order valence-corrected chi connectivity index (χ1v) is 13.0. The molecule has 198 valence electrons. The van der Waals surface area contributed by atoms with Gasteiger partial charge in [0.05, 0.1) is 19.8 Å². The van der Waals surface area contributed by atoms with Gasteiger partial charge in [0.2, 0.25) is 5.91 Å². The van der Waals surface area contributed by atoms with Crippen molar-refractivity contribution >= 4 is 40.8 Å². The van der Waals surface area contributed by atoms with Gasteiger partial charge in [0, 0.05) is 41.3 Å². The van der Waals surface area contributed by atoms with Crippen LogP contribution in [0.25, 0.3) is 0 Å². The molecule has 0 fully saturated rings. The molecule has 1 heterocycles. The number of esters is 1. The summed E-state index contributed by atoms with van der Waals surface area (Å²) < 4.78 is 10.3. The number of para-hydroxylation sites is 1. The van der Waals surface area contributed by atoms with Crippen molar-refractivity contribution in [2.45, 2.75) is 45.2 Å². The highest BCUT2D eigenvalue weighted by atomic mass is 35.5. The van der Waals surface area contributed by atoms with E-state index in [0.717, 1.165) is 16.9 Å². The third kappa shape index (κ3) is 6.00. The summed E-state index contributed by atoms with van der Waals surface area (Å²) in [5.41, 5.74) is 2.99. The highest BCUT2D eigenvalue weighted by Gasteiger charge is 2.38. The van der Waals surface area contributed by atoms with Crippen LogP contribution in [0.5, 0.6) is 5.75 Å². The lowest BCUT2D eigenvalue weighted by molar-refractivity contribution is -0.140. The number of anilines is 2. The van der Waals surface area contributed by atoms with E-state index in [1.54, 1.807) is 53.1 Å². The topological polar surface area (TPSA) is 76.2 Å². The number of halogens is 1. The minimum atomic E-state index is -0.271. The van der Waals surface area contributed by atoms with Crippen LogP contribution in [0.15, 0.2) is 72.8 Å². The number of carbonyl (C=O) groups is 3. The summed E-state index contributed by atoms with van der Waals surface area (Å²) in [5, 5.41) is 0.601. The van der Waals surface area contributed by atoms with Gasteiger partial charge >= 0.3 is 5.97 Å². The number of hydrogen-bond acceptors (Lipinski definition) is 5. The highest BCUT2D eigenvalue weighted by Crippen LogP contribution is 2.43. The Labute approximate surface area is 227 Å². The second-order valence-electron chi connectivity index (χ2n) is 9.25. The van der Waals surface area contributed by atoms with E-state index >= 15 is 0 Å². The maximum atomic E-state index is 13.7. The molecule has 0 unspecified atom stereocenters. The standard InChI is InChI=1S/C30H31ClN2O5/c1-20-19-28(33(21(2)34)24-14-12-23(31)13-15-24)26-7-4-5-8-27(26)32(20)30(36)22-10-16-25(17-11-22)38-18-6-9-29(35)37-3/h4-5,7-8,10-17,20,28H,6,9,18-19H2,1-3H3/t20-,28+/m0/s1. The third-order valence-corrected chi connectivity index (χ3v) is 6.91. The summed E-state index contributed by atoms with van der Waals surface area (Å²) in [7, 11) is 1.36. The van der Waals surface area contributed by atoms with Gasteiger partial charge in [0.15, 0.2) is 0 Å². The smallest absolute Gasteiger partial charge is 0.305 e. The Bertz CT molecular complexity index is 1290. The van der Waals surface area contributed by atoms with Crippen LogP contribution in [0.1, 0.15) is 55.1 Å². The molecule has 4 rings (SSSR count). The van der Waals surface area contributed by atoms with Gasteiger partial charge in [0.25, 0.3) is 5.91 Å². The fourth-order valence-corrected chi connectivity index (χ4v) is 4.99. The zero-order chi connectivity index (χ0) is 27.2. The molecule has 3 aromatic rings. The van der Waals surface area contributed by atoms with Gasteiger partial charge in [-0.3, -0.25) is 14.4 Å². The number of rotatable bonds is 8. The van der Waals surface area contributed by atoms with Crippen molar-refractivity contribution in [3.63, 3.8) is 0 Å². The first-order chi connectivity index (χ1) is 18.3. The zero-order valence-corrected chi connectivity index (χ0v) is 22.5. The number of methoxy groups -OCH3 is 1. The summed E-state index contributed by atoms with van der Waals surface area (Å²) >= 11 is 6.08. The molecular weight excluding hydrogens is 504 g/mol. The van der Waals surface area contributed by atoms with Crippen LogP contribution in [0.2, 0.25) is 5.02 Å². The van der Waals surface area contributed by atoms with Crippen molar-refractivity contribution in [3.8, 4) is 5.75 Å². The van der Waals surface area contributed by atoms with Crippen LogP contribution in [0.4, 0.5) is 11.4 Å². The molecule has 0 saturated heterocycles. The van der Waals surface area contributed by atoms with E-state index in [4.69, 9.17) is 16.3 Å². The van der Waals surface area contributed by atoms with Crippen molar-refractivity contribution in [3.05, 3.63) is 88.9 Å². The average molecular weight is 535 g/mol. The molecule has 7 nitrogen and oxygen atoms in total. The normalized spacial score (nSPS) is 16.4. The largest absolute Gasteiger partial charge is 0.494 e. The number of ether oxygens (including phenoxy) is 2. The second-order valence-corrected chi connectivity index (χ2v) is 9.69. The molecular formula is C30H31ClN2O5. The number of benzene rings is 3. The van der Waals surface area contributed by atoms with Crippen molar-refractivity contribution in [1.82, 2.24) is 0 Å². The predicted molar refractivity (Wildman–Crippen MR) is 148 cm³/mol. The number of carbonyl (C=O) groups excluding carboxylic acids is 3. The maximum Gasteiger partial charge on any atom is 0.305 e. The van der Waals surface area contributed by atoms with Gasteiger partial charge in [-0.05, 0) is 79.9 Å². The summed E-state index contributed by atoms with van der Waals surface area (Å²) in [6, 6.07) is 21.6. The molecule has 2 amide bonds. The summed E-state index contributed by atoms with van der Waals surface area (Å²) in [6.45, 7) is 3.93. The Morgan fingerprint density at radius 1 is 1.00 bits per heavy atom. The van der Waals surface area contributed by atoms with E-state index in [9.17, 15) is 14.4 Å². The molecule has 0 aromatic heterocycles. The van der Waals surface area contributed by atoms with E-state index in [-0.39, 0.29) is 29.9 Å². The number of amides is 2. The molecule has 1 aliphatic heterocycles. The molecule has 0 spiro atoms. The Hall–Kier alpha value is -3.84. The molecule has 0 N–H and O–H groups in total. The molecule has 1 aliphatic rings. The molecule has 38 heavy (non-hydrogen) atoms. The molecule has 0 bridgehead atoms. The van der Waals surface area contributed by atoms with E-state index in [1.807, 2.05) is 43.3 Å². The Kier molecular flexibility index (Phi) is 8.69. The molecule has 0 saturated carbocycles. The van der Waals surface area contributed by atoms with Crippen LogP contribution in [0.3, 0.4) is 0 Å². The summed E-state index contributed by atoms with van der Waals surface area (Å²) in [6.07, 6.45) is 1.41. The summed E-state index contributed by atoms with van der Waals surface area (Å²) in [4.78, 5) is 41.4. The summed E-state index contributed by atoms with van der Waals surface area (Å²) in [5.74, 6) is 0.147. The molecule has 2 atom stereocenters. The van der Waals surface area contributed by atoms with Crippen LogP contribution in [-0.4, -0.2) is 37.5 Å². The van der Waals surface area contributed by atoms with E-state index in [2.05, 4.69) is 4.74 Å². The van der Waals surface area contributed by atoms with Crippen molar-refractivity contribution in [2.24, 2.45) is 0 Å². The minimum Gasteiger partial charge on any atom is -0.494 e. The number of hydrogen-bond donors (Lipinski definition) is 0. The SMILES string of the molecule is COC(=O)CCCOc1ccc(C(=O)N2c3ccccc3[C@H](N(C(C)=O)c3ccc(Cl)cc3)C[C@@H]2C)cc1. The Morgan fingerprint density at radius 2 is 1.68 bits per heavy atom. The predicted octanol–water partition coefficient (Wildman–Crippen LogP) is 6.21. The van der Waals surface area contributed by atoms with E-state index < -0.39 is 0 Å². The number of nitrogens with zero attached hydrogens (tertiary/aromatic N) is 2. The Morgan fingerprint density at radius 3 is 2.34 bits per heavy atom. The van der Waals surface area contributed by atoms with E-state index in [1.165, 1.54) is 7.11 Å². The van der Waals surface area contributed by atoms with Crippen molar-refractivity contribution in [1.29, 1.82) is 0 Å². The minimum absolute atomic E-state index is 0.0822. The molecule has 0 radical (unpaired) electrons. The maximum absolute atomic E-state index is 13.7. The second kappa shape index (κ2) is 12.1. The van der Waals surface area contributed by atoms with Crippen LogP contribution >= 0.6 is 11.6 Å². The van der Waals surface area contributed by atoms with E-state index in [0.29, 0.717) is 42.2 Å². The van der Waals surface area contributed by atoms with Gasteiger partial charge in [-0.1, -0.05) is 29.8 Å².